The van der Waals surface area contributed by atoms with Crippen LogP contribution in [0.25, 0.3) is 0 Å². The maximum atomic E-state index is 13.0. The van der Waals surface area contributed by atoms with Gasteiger partial charge in [0, 0.05) is 37.0 Å². The molecule has 2 atom stereocenters. The number of amides is 2. The number of rotatable bonds is 11. The van der Waals surface area contributed by atoms with E-state index < -0.39 is 9.84 Å². The molecule has 1 heterocycles. The van der Waals surface area contributed by atoms with Crippen LogP contribution < -0.4 is 10.6 Å². The van der Waals surface area contributed by atoms with Crippen LogP contribution in [0.4, 0.5) is 0 Å². The van der Waals surface area contributed by atoms with Gasteiger partial charge in [-0.3, -0.25) is 14.5 Å². The quantitative estimate of drug-likeness (QED) is 0.330. The Bertz CT molecular complexity index is 988. The van der Waals surface area contributed by atoms with Crippen LogP contribution in [0.3, 0.4) is 0 Å². The van der Waals surface area contributed by atoms with Gasteiger partial charge in [-0.05, 0) is 43.0 Å². The smallest absolute Gasteiger partial charge is 0.230 e. The molecule has 0 spiro atoms. The number of morpholine rings is 1. The van der Waals surface area contributed by atoms with Crippen LogP contribution in [-0.2, 0) is 24.2 Å². The minimum absolute atomic E-state index is 0.0574. The largest absolute Gasteiger partial charge is 0.379 e. The number of thioether (sulfide) groups is 1. The summed E-state index contributed by atoms with van der Waals surface area (Å²) in [5, 5.41) is 14.2. The SMILES string of the molecule is N#CCNC(=O)[C@@H]1CCCC[C@H]1CS(=O)(=O)c1ccc(SCC(=O)NCCN2CCOCC2)cc1. The lowest BCUT2D eigenvalue weighted by atomic mass is 9.80. The standard InChI is InChI=1S/C24H34N4O5S2/c25-9-10-27-24(30)22-4-2-1-3-19(22)18-35(31,32)21-7-5-20(6-8-21)34-17-23(29)26-11-12-28-13-15-33-16-14-28/h5-8,19,22H,1-4,10-18H2,(H,26,29)(H,27,30)/t19-,22+/m0/s1. The maximum absolute atomic E-state index is 13.0. The monoisotopic (exact) mass is 522 g/mol. The molecule has 2 fully saturated rings. The van der Waals surface area contributed by atoms with Crippen LogP contribution in [-0.4, -0.2) is 82.6 Å². The number of nitrogens with zero attached hydrogens (tertiary/aromatic N) is 2. The Kier molecular flexibility index (Phi) is 10.8. The first kappa shape index (κ1) is 27.5. The summed E-state index contributed by atoms with van der Waals surface area (Å²) in [5.74, 6) is -0.766. The Morgan fingerprint density at radius 2 is 1.83 bits per heavy atom. The van der Waals surface area contributed by atoms with Crippen LogP contribution >= 0.6 is 11.8 Å². The number of sulfone groups is 1. The highest BCUT2D eigenvalue weighted by Crippen LogP contribution is 2.33. The molecule has 1 aromatic carbocycles. The molecule has 0 unspecified atom stereocenters. The van der Waals surface area contributed by atoms with Crippen LogP contribution in [0.5, 0.6) is 0 Å². The van der Waals surface area contributed by atoms with Gasteiger partial charge in [-0.15, -0.1) is 11.8 Å². The van der Waals surface area contributed by atoms with Crippen LogP contribution in [0, 0.1) is 23.2 Å². The Hall–Kier alpha value is -2.13. The zero-order chi connectivity index (χ0) is 25.1. The number of nitrogens with one attached hydrogen (secondary N) is 2. The first-order chi connectivity index (χ1) is 16.9. The lowest BCUT2D eigenvalue weighted by molar-refractivity contribution is -0.127. The third-order valence-electron chi connectivity index (χ3n) is 6.43. The topological polar surface area (TPSA) is 129 Å². The van der Waals surface area contributed by atoms with Crippen LogP contribution in [0.15, 0.2) is 34.1 Å². The van der Waals surface area contributed by atoms with Crippen molar-refractivity contribution in [2.24, 2.45) is 11.8 Å². The van der Waals surface area contributed by atoms with Crippen molar-refractivity contribution in [1.82, 2.24) is 15.5 Å². The third-order valence-corrected chi connectivity index (χ3v) is 9.30. The molecule has 192 valence electrons. The van der Waals surface area contributed by atoms with E-state index in [1.54, 1.807) is 24.3 Å². The molecule has 2 N–H and O–H groups in total. The first-order valence-corrected chi connectivity index (χ1v) is 14.7. The van der Waals surface area contributed by atoms with Crippen molar-refractivity contribution in [3.63, 3.8) is 0 Å². The Morgan fingerprint density at radius 3 is 2.54 bits per heavy atom. The second kappa shape index (κ2) is 13.8. The molecule has 1 saturated carbocycles. The van der Waals surface area contributed by atoms with Crippen molar-refractivity contribution in [2.45, 2.75) is 35.5 Å². The lowest BCUT2D eigenvalue weighted by Gasteiger charge is -2.30. The number of ether oxygens (including phenoxy) is 1. The molecule has 11 heteroatoms. The second-order valence-electron chi connectivity index (χ2n) is 8.87. The Morgan fingerprint density at radius 1 is 1.11 bits per heavy atom. The highest BCUT2D eigenvalue weighted by molar-refractivity contribution is 8.00. The van der Waals surface area contributed by atoms with Gasteiger partial charge in [0.2, 0.25) is 11.8 Å². The third kappa shape index (κ3) is 8.79. The van der Waals surface area contributed by atoms with E-state index in [0.717, 1.165) is 50.6 Å². The van der Waals surface area contributed by atoms with Crippen molar-refractivity contribution >= 4 is 33.4 Å². The molecular weight excluding hydrogens is 488 g/mol. The maximum Gasteiger partial charge on any atom is 0.230 e. The van der Waals surface area contributed by atoms with Crippen molar-refractivity contribution in [2.75, 3.05) is 57.4 Å². The van der Waals surface area contributed by atoms with Gasteiger partial charge >= 0.3 is 0 Å². The van der Waals surface area contributed by atoms with E-state index in [-0.39, 0.29) is 46.6 Å². The van der Waals surface area contributed by atoms with Gasteiger partial charge in [0.05, 0.1) is 35.7 Å². The molecule has 0 radical (unpaired) electrons. The fraction of sp³-hybridized carbons (Fsp3) is 0.625. The van der Waals surface area contributed by atoms with Crippen LogP contribution in [0.1, 0.15) is 25.7 Å². The number of benzene rings is 1. The average molecular weight is 523 g/mol. The summed E-state index contributed by atoms with van der Waals surface area (Å²) in [6, 6.07) is 8.47. The molecular formula is C24H34N4O5S2. The normalized spacial score (nSPS) is 21.1. The average Bonchev–Trinajstić information content (AvgIpc) is 2.87. The van der Waals surface area contributed by atoms with Crippen molar-refractivity contribution in [3.05, 3.63) is 24.3 Å². The van der Waals surface area contributed by atoms with Gasteiger partial charge in [0.1, 0.15) is 6.54 Å². The fourth-order valence-corrected chi connectivity index (χ4v) is 6.94. The molecule has 1 aliphatic heterocycles. The molecule has 1 aliphatic carbocycles. The molecule has 2 amide bonds. The second-order valence-corrected chi connectivity index (χ2v) is 12.0. The van der Waals surface area contributed by atoms with E-state index in [9.17, 15) is 18.0 Å². The molecule has 1 aromatic rings. The van der Waals surface area contributed by atoms with E-state index in [4.69, 9.17) is 10.00 Å². The predicted molar refractivity (Wildman–Crippen MR) is 134 cm³/mol. The summed E-state index contributed by atoms with van der Waals surface area (Å²) in [4.78, 5) is 27.8. The van der Waals surface area contributed by atoms with E-state index in [0.29, 0.717) is 19.4 Å². The van der Waals surface area contributed by atoms with Gasteiger partial charge in [-0.2, -0.15) is 5.26 Å². The minimum atomic E-state index is -3.56. The fourth-order valence-electron chi connectivity index (χ4n) is 4.51. The van der Waals surface area contributed by atoms with Crippen molar-refractivity contribution < 1.29 is 22.7 Å². The minimum Gasteiger partial charge on any atom is -0.379 e. The van der Waals surface area contributed by atoms with E-state index >= 15 is 0 Å². The summed E-state index contributed by atoms with van der Waals surface area (Å²) in [6.45, 7) is 4.55. The van der Waals surface area contributed by atoms with E-state index in [1.165, 1.54) is 11.8 Å². The summed E-state index contributed by atoms with van der Waals surface area (Å²) in [7, 11) is -3.56. The van der Waals surface area contributed by atoms with Gasteiger partial charge < -0.3 is 15.4 Å². The number of nitriles is 1. The number of hydrogen-bond acceptors (Lipinski definition) is 8. The van der Waals surface area contributed by atoms with Gasteiger partial charge in [-0.25, -0.2) is 8.42 Å². The zero-order valence-corrected chi connectivity index (χ0v) is 21.5. The molecule has 9 nitrogen and oxygen atoms in total. The van der Waals surface area contributed by atoms with Crippen LogP contribution in [0.2, 0.25) is 0 Å². The molecule has 3 rings (SSSR count). The molecule has 1 saturated heterocycles. The zero-order valence-electron chi connectivity index (χ0n) is 19.9. The van der Waals surface area contributed by atoms with E-state index in [1.807, 2.05) is 6.07 Å². The molecule has 2 aliphatic rings. The van der Waals surface area contributed by atoms with E-state index in [2.05, 4.69) is 15.5 Å². The Balaban J connectivity index is 1.47. The summed E-state index contributed by atoms with van der Waals surface area (Å²) < 4.78 is 31.4. The van der Waals surface area contributed by atoms with Gasteiger partial charge in [-0.1, -0.05) is 12.8 Å². The lowest BCUT2D eigenvalue weighted by Crippen LogP contribution is -2.41. The highest BCUT2D eigenvalue weighted by atomic mass is 32.2. The first-order valence-electron chi connectivity index (χ1n) is 12.1. The van der Waals surface area contributed by atoms with Gasteiger partial charge in [0.25, 0.3) is 0 Å². The molecule has 0 bridgehead atoms. The van der Waals surface area contributed by atoms with Crippen molar-refractivity contribution in [3.8, 4) is 6.07 Å². The van der Waals surface area contributed by atoms with Crippen molar-refractivity contribution in [1.29, 1.82) is 5.26 Å². The number of carbonyl (C=O) groups is 2. The summed E-state index contributed by atoms with van der Waals surface area (Å²) >= 11 is 1.36. The highest BCUT2D eigenvalue weighted by Gasteiger charge is 2.34. The summed E-state index contributed by atoms with van der Waals surface area (Å²) in [6.07, 6.45) is 3.10. The number of hydrogen-bond donors (Lipinski definition) is 2. The Labute approximate surface area is 211 Å². The van der Waals surface area contributed by atoms with Gasteiger partial charge in [0.15, 0.2) is 9.84 Å². The molecule has 0 aromatic heterocycles. The summed E-state index contributed by atoms with van der Waals surface area (Å²) in [5.41, 5.74) is 0. The predicted octanol–water partition coefficient (Wildman–Crippen LogP) is 1.45. The number of carbonyl (C=O) groups excluding carboxylic acids is 2. The molecule has 35 heavy (non-hydrogen) atoms.